The summed E-state index contributed by atoms with van der Waals surface area (Å²) in [5, 5.41) is 4.13. The van der Waals surface area contributed by atoms with Gasteiger partial charge in [-0.15, -0.1) is 11.8 Å². The van der Waals surface area contributed by atoms with Crippen molar-refractivity contribution in [3.63, 3.8) is 0 Å². The number of likely N-dealkylation sites (N-methyl/N-ethyl adjacent to an activating group) is 1. The number of carbonyl (C=O) groups is 1. The van der Waals surface area contributed by atoms with Crippen LogP contribution in [0.1, 0.15) is 23.2 Å². The van der Waals surface area contributed by atoms with E-state index < -0.39 is 0 Å². The quantitative estimate of drug-likeness (QED) is 0.703. The van der Waals surface area contributed by atoms with E-state index in [1.54, 1.807) is 18.8 Å². The molecule has 0 aliphatic heterocycles. The first-order valence-electron chi connectivity index (χ1n) is 6.08. The predicted molar refractivity (Wildman–Crippen MR) is 75.7 cm³/mol. The van der Waals surface area contributed by atoms with Gasteiger partial charge in [-0.1, -0.05) is 6.08 Å². The summed E-state index contributed by atoms with van der Waals surface area (Å²) in [6, 6.07) is -0.304. The van der Waals surface area contributed by atoms with E-state index in [0.717, 1.165) is 17.9 Å². The van der Waals surface area contributed by atoms with Crippen molar-refractivity contribution in [2.75, 3.05) is 13.3 Å². The fourth-order valence-electron chi connectivity index (χ4n) is 2.37. The number of carbonyl (C=O) groups excluding carboxylic acids is 1. The summed E-state index contributed by atoms with van der Waals surface area (Å²) < 4.78 is 0. The largest absolute Gasteiger partial charge is 0.368 e. The summed E-state index contributed by atoms with van der Waals surface area (Å²) in [5.41, 5.74) is 9.15. The van der Waals surface area contributed by atoms with E-state index in [1.165, 1.54) is 16.8 Å². The van der Waals surface area contributed by atoms with Gasteiger partial charge in [0.1, 0.15) is 0 Å². The van der Waals surface area contributed by atoms with Gasteiger partial charge in [-0.05, 0) is 49.8 Å². The number of H-pyrrole nitrogens is 1. The minimum absolute atomic E-state index is 0.300. The van der Waals surface area contributed by atoms with Crippen molar-refractivity contribution in [1.82, 2.24) is 10.3 Å². The maximum Gasteiger partial charge on any atom is 0.234 e. The zero-order valence-corrected chi connectivity index (χ0v) is 11.6. The van der Waals surface area contributed by atoms with E-state index in [4.69, 9.17) is 5.73 Å². The van der Waals surface area contributed by atoms with Crippen molar-refractivity contribution < 1.29 is 4.79 Å². The molecular weight excluding hydrogens is 246 g/mol. The van der Waals surface area contributed by atoms with Crippen LogP contribution in [-0.2, 0) is 17.6 Å². The van der Waals surface area contributed by atoms with E-state index in [0.29, 0.717) is 6.42 Å². The molecule has 0 fully saturated rings. The highest BCUT2D eigenvalue weighted by Crippen LogP contribution is 2.31. The second-order valence-electron chi connectivity index (χ2n) is 4.42. The van der Waals surface area contributed by atoms with Crippen LogP contribution in [0.15, 0.2) is 11.1 Å². The van der Waals surface area contributed by atoms with Crippen LogP contribution in [0, 0.1) is 0 Å². The summed E-state index contributed by atoms with van der Waals surface area (Å²) >= 11 is 1.68. The SMILES string of the molecule is CNC(Cc1c(SC)[nH]c2c1CCC=C2)C(N)=O. The van der Waals surface area contributed by atoms with Gasteiger partial charge in [-0.2, -0.15) is 0 Å². The van der Waals surface area contributed by atoms with Crippen LogP contribution >= 0.6 is 11.8 Å². The van der Waals surface area contributed by atoms with E-state index in [9.17, 15) is 4.79 Å². The van der Waals surface area contributed by atoms with Crippen LogP contribution < -0.4 is 11.1 Å². The van der Waals surface area contributed by atoms with Crippen LogP contribution in [0.25, 0.3) is 6.08 Å². The molecule has 1 aromatic rings. The zero-order chi connectivity index (χ0) is 13.1. The molecule has 4 nitrogen and oxygen atoms in total. The Morgan fingerprint density at radius 2 is 2.44 bits per heavy atom. The lowest BCUT2D eigenvalue weighted by Crippen LogP contribution is -2.41. The number of hydrogen-bond acceptors (Lipinski definition) is 3. The lowest BCUT2D eigenvalue weighted by molar-refractivity contribution is -0.119. The molecule has 0 saturated carbocycles. The van der Waals surface area contributed by atoms with Gasteiger partial charge < -0.3 is 16.0 Å². The first-order chi connectivity index (χ1) is 8.67. The number of nitrogens with two attached hydrogens (primary N) is 1. The van der Waals surface area contributed by atoms with Gasteiger partial charge in [0.05, 0.1) is 11.1 Å². The molecule has 0 aromatic carbocycles. The Labute approximate surface area is 111 Å². The predicted octanol–water partition coefficient (Wildman–Crippen LogP) is 1.31. The van der Waals surface area contributed by atoms with Crippen LogP contribution in [0.3, 0.4) is 0 Å². The highest BCUT2D eigenvalue weighted by Gasteiger charge is 2.22. The number of nitrogens with one attached hydrogen (secondary N) is 2. The molecule has 18 heavy (non-hydrogen) atoms. The van der Waals surface area contributed by atoms with Crippen LogP contribution in [0.5, 0.6) is 0 Å². The monoisotopic (exact) mass is 265 g/mol. The summed E-state index contributed by atoms with van der Waals surface area (Å²) in [4.78, 5) is 14.8. The van der Waals surface area contributed by atoms with Gasteiger partial charge in [0, 0.05) is 5.69 Å². The number of hydrogen-bond donors (Lipinski definition) is 3. The van der Waals surface area contributed by atoms with Crippen molar-refractivity contribution in [1.29, 1.82) is 0 Å². The lowest BCUT2D eigenvalue weighted by atomic mass is 9.96. The fraction of sp³-hybridized carbons (Fsp3) is 0.462. The van der Waals surface area contributed by atoms with Crippen molar-refractivity contribution in [2.45, 2.75) is 30.3 Å². The Morgan fingerprint density at radius 3 is 3.06 bits per heavy atom. The number of aromatic amines is 1. The van der Waals surface area contributed by atoms with Crippen LogP contribution in [0.4, 0.5) is 0 Å². The topological polar surface area (TPSA) is 70.9 Å². The number of amides is 1. The molecule has 1 aliphatic rings. The number of primary amides is 1. The number of thioether (sulfide) groups is 1. The number of rotatable bonds is 5. The highest BCUT2D eigenvalue weighted by molar-refractivity contribution is 7.98. The summed E-state index contributed by atoms with van der Waals surface area (Å²) in [7, 11) is 1.77. The summed E-state index contributed by atoms with van der Waals surface area (Å²) in [5.74, 6) is -0.300. The van der Waals surface area contributed by atoms with E-state index in [2.05, 4.69) is 22.5 Å². The molecular formula is C13H19N3OS. The Balaban J connectivity index is 2.34. The standard InChI is InChI=1S/C13H19N3OS/c1-15-11(12(14)17)7-9-8-5-3-4-6-10(8)16-13(9)18-2/h4,6,11,15-16H,3,5,7H2,1-2H3,(H2,14,17). The molecule has 0 saturated heterocycles. The van der Waals surface area contributed by atoms with Gasteiger partial charge in [0.25, 0.3) is 0 Å². The number of fused-ring (bicyclic) bond motifs is 1. The minimum atomic E-state index is -0.304. The van der Waals surface area contributed by atoms with Gasteiger partial charge in [0.15, 0.2) is 0 Å². The normalized spacial score (nSPS) is 15.4. The van der Waals surface area contributed by atoms with E-state index in [1.807, 2.05) is 6.26 Å². The van der Waals surface area contributed by atoms with Gasteiger partial charge in [-0.3, -0.25) is 4.79 Å². The average molecular weight is 265 g/mol. The van der Waals surface area contributed by atoms with Crippen molar-refractivity contribution >= 4 is 23.7 Å². The first-order valence-corrected chi connectivity index (χ1v) is 7.30. The molecule has 1 heterocycles. The maximum absolute atomic E-state index is 11.4. The molecule has 1 aliphatic carbocycles. The maximum atomic E-state index is 11.4. The third-order valence-electron chi connectivity index (χ3n) is 3.36. The summed E-state index contributed by atoms with van der Waals surface area (Å²) in [6.45, 7) is 0. The van der Waals surface area contributed by atoms with E-state index in [-0.39, 0.29) is 11.9 Å². The molecule has 1 atom stereocenters. The Bertz CT molecular complexity index is 479. The van der Waals surface area contributed by atoms with Crippen LogP contribution in [-0.4, -0.2) is 30.2 Å². The smallest absolute Gasteiger partial charge is 0.234 e. The Morgan fingerprint density at radius 1 is 1.67 bits per heavy atom. The minimum Gasteiger partial charge on any atom is -0.368 e. The molecule has 1 unspecified atom stereocenters. The molecule has 4 N–H and O–H groups in total. The van der Waals surface area contributed by atoms with E-state index >= 15 is 0 Å². The third-order valence-corrected chi connectivity index (χ3v) is 4.12. The zero-order valence-electron chi connectivity index (χ0n) is 10.7. The second kappa shape index (κ2) is 5.63. The van der Waals surface area contributed by atoms with Crippen molar-refractivity contribution in [3.8, 4) is 0 Å². The molecule has 2 rings (SSSR count). The second-order valence-corrected chi connectivity index (χ2v) is 5.23. The van der Waals surface area contributed by atoms with Gasteiger partial charge in [0.2, 0.25) is 5.91 Å². The highest BCUT2D eigenvalue weighted by atomic mass is 32.2. The van der Waals surface area contributed by atoms with Crippen LogP contribution in [0.2, 0.25) is 0 Å². The third kappa shape index (κ3) is 2.47. The number of aromatic nitrogens is 1. The molecule has 98 valence electrons. The lowest BCUT2D eigenvalue weighted by Gasteiger charge is -2.14. The molecule has 0 radical (unpaired) electrons. The van der Waals surface area contributed by atoms with Crippen molar-refractivity contribution in [3.05, 3.63) is 22.9 Å². The first kappa shape index (κ1) is 13.2. The van der Waals surface area contributed by atoms with Gasteiger partial charge in [-0.25, -0.2) is 0 Å². The Kier molecular flexibility index (Phi) is 4.14. The summed E-state index contributed by atoms with van der Waals surface area (Å²) in [6.07, 6.45) is 9.10. The number of allylic oxidation sites excluding steroid dienone is 1. The molecule has 1 aromatic heterocycles. The van der Waals surface area contributed by atoms with Gasteiger partial charge >= 0.3 is 0 Å². The molecule has 0 bridgehead atoms. The molecule has 0 spiro atoms. The molecule has 1 amide bonds. The average Bonchev–Trinajstić information content (AvgIpc) is 2.73. The Hall–Kier alpha value is -1.20. The molecule has 5 heteroatoms. The van der Waals surface area contributed by atoms with Crippen molar-refractivity contribution in [2.24, 2.45) is 5.73 Å². The fourth-order valence-corrected chi connectivity index (χ4v) is 3.03.